The predicted octanol–water partition coefficient (Wildman–Crippen LogP) is 2.65. The summed E-state index contributed by atoms with van der Waals surface area (Å²) in [4.78, 5) is 28.3. The van der Waals surface area contributed by atoms with Crippen molar-refractivity contribution in [3.05, 3.63) is 34.3 Å². The molecule has 23 heavy (non-hydrogen) atoms. The molecule has 1 amide bonds. The zero-order valence-corrected chi connectivity index (χ0v) is 15.8. The van der Waals surface area contributed by atoms with Gasteiger partial charge in [0.25, 0.3) is 5.91 Å². The van der Waals surface area contributed by atoms with E-state index in [0.29, 0.717) is 18.7 Å². The zero-order valence-electron chi connectivity index (χ0n) is 14.2. The van der Waals surface area contributed by atoms with Crippen molar-refractivity contribution in [2.75, 3.05) is 40.8 Å². The number of methoxy groups -OCH3 is 1. The molecule has 0 aliphatic rings. The van der Waals surface area contributed by atoms with E-state index in [4.69, 9.17) is 4.74 Å². The third-order valence-corrected chi connectivity index (χ3v) is 4.21. The lowest BCUT2D eigenvalue weighted by molar-refractivity contribution is -0.145. The van der Waals surface area contributed by atoms with E-state index >= 15 is 0 Å². The summed E-state index contributed by atoms with van der Waals surface area (Å²) in [6.07, 6.45) is 0.844. The lowest BCUT2D eigenvalue weighted by Gasteiger charge is -2.26. The highest BCUT2D eigenvalue weighted by molar-refractivity contribution is 9.10. The number of esters is 1. The molecule has 0 heterocycles. The third-order valence-electron chi connectivity index (χ3n) is 3.52. The Morgan fingerprint density at radius 2 is 1.87 bits per heavy atom. The first-order valence-corrected chi connectivity index (χ1v) is 8.42. The topological polar surface area (TPSA) is 49.9 Å². The van der Waals surface area contributed by atoms with Gasteiger partial charge in [0.05, 0.1) is 18.6 Å². The van der Waals surface area contributed by atoms with E-state index in [1.165, 1.54) is 7.11 Å². The van der Waals surface area contributed by atoms with Crippen LogP contribution in [0.3, 0.4) is 0 Å². The van der Waals surface area contributed by atoms with Crippen LogP contribution in [0.25, 0.3) is 0 Å². The second kappa shape index (κ2) is 9.67. The van der Waals surface area contributed by atoms with Crippen molar-refractivity contribution in [1.29, 1.82) is 0 Å². The number of hydrogen-bond acceptors (Lipinski definition) is 4. The van der Waals surface area contributed by atoms with Gasteiger partial charge in [0.15, 0.2) is 0 Å². The van der Waals surface area contributed by atoms with Gasteiger partial charge < -0.3 is 14.5 Å². The molecule has 0 saturated heterocycles. The van der Waals surface area contributed by atoms with Crippen LogP contribution in [-0.4, -0.2) is 62.5 Å². The van der Waals surface area contributed by atoms with E-state index < -0.39 is 0 Å². The molecule has 1 aromatic carbocycles. The third kappa shape index (κ3) is 6.31. The first-order valence-electron chi connectivity index (χ1n) is 7.63. The number of nitrogens with zero attached hydrogens (tertiary/aromatic N) is 2. The van der Waals surface area contributed by atoms with Crippen LogP contribution in [0.2, 0.25) is 0 Å². The molecule has 1 unspecified atom stereocenters. The predicted molar refractivity (Wildman–Crippen MR) is 94.4 cm³/mol. The Morgan fingerprint density at radius 3 is 2.43 bits per heavy atom. The van der Waals surface area contributed by atoms with Crippen molar-refractivity contribution in [3.63, 3.8) is 0 Å². The zero-order chi connectivity index (χ0) is 17.4. The maximum absolute atomic E-state index is 12.8. The minimum atomic E-state index is -0.356. The van der Waals surface area contributed by atoms with E-state index in [1.807, 2.05) is 32.3 Å². The molecule has 1 rings (SSSR count). The molecule has 0 fully saturated rings. The van der Waals surface area contributed by atoms with E-state index in [0.717, 1.165) is 17.4 Å². The van der Waals surface area contributed by atoms with Gasteiger partial charge in [-0.3, -0.25) is 9.59 Å². The molecule has 0 spiro atoms. The monoisotopic (exact) mass is 384 g/mol. The number of halogens is 1. The van der Waals surface area contributed by atoms with E-state index in [-0.39, 0.29) is 17.8 Å². The van der Waals surface area contributed by atoms with Gasteiger partial charge in [-0.1, -0.05) is 19.1 Å². The lowest BCUT2D eigenvalue weighted by atomic mass is 10.1. The van der Waals surface area contributed by atoms with Crippen molar-refractivity contribution >= 4 is 27.8 Å². The SMILES string of the molecule is COC(=O)C(C)CN(CCCN(C)C)C(=O)c1ccccc1Br. The first kappa shape index (κ1) is 19.6. The van der Waals surface area contributed by atoms with Crippen LogP contribution >= 0.6 is 15.9 Å². The summed E-state index contributed by atoms with van der Waals surface area (Å²) in [7, 11) is 5.36. The van der Waals surface area contributed by atoms with Gasteiger partial charge in [0.2, 0.25) is 0 Å². The molecule has 6 heteroatoms. The largest absolute Gasteiger partial charge is 0.469 e. The molecule has 1 atom stereocenters. The smallest absolute Gasteiger partial charge is 0.310 e. The van der Waals surface area contributed by atoms with E-state index in [2.05, 4.69) is 20.8 Å². The quantitative estimate of drug-likeness (QED) is 0.646. The highest BCUT2D eigenvalue weighted by Gasteiger charge is 2.23. The molecule has 0 radical (unpaired) electrons. The van der Waals surface area contributed by atoms with Crippen LogP contribution in [-0.2, 0) is 9.53 Å². The number of carbonyl (C=O) groups is 2. The molecule has 1 aromatic rings. The molecular formula is C17H25BrN2O3. The Labute approximate surface area is 146 Å². The maximum atomic E-state index is 12.8. The fraction of sp³-hybridized carbons (Fsp3) is 0.529. The van der Waals surface area contributed by atoms with Crippen molar-refractivity contribution in [3.8, 4) is 0 Å². The molecule has 0 aromatic heterocycles. The number of hydrogen-bond donors (Lipinski definition) is 0. The van der Waals surface area contributed by atoms with E-state index in [9.17, 15) is 9.59 Å². The summed E-state index contributed by atoms with van der Waals surface area (Å²) in [5, 5.41) is 0. The number of amides is 1. The highest BCUT2D eigenvalue weighted by atomic mass is 79.9. The van der Waals surface area contributed by atoms with Crippen LogP contribution in [0.5, 0.6) is 0 Å². The van der Waals surface area contributed by atoms with Crippen LogP contribution < -0.4 is 0 Å². The fourth-order valence-corrected chi connectivity index (χ4v) is 2.72. The van der Waals surface area contributed by atoms with Gasteiger partial charge in [-0.2, -0.15) is 0 Å². The minimum Gasteiger partial charge on any atom is -0.469 e. The number of benzene rings is 1. The number of rotatable bonds is 8. The van der Waals surface area contributed by atoms with Crippen molar-refractivity contribution in [2.24, 2.45) is 5.92 Å². The van der Waals surface area contributed by atoms with Gasteiger partial charge in [-0.05, 0) is 55.1 Å². The maximum Gasteiger partial charge on any atom is 0.310 e. The fourth-order valence-electron chi connectivity index (χ4n) is 2.26. The molecule has 0 N–H and O–H groups in total. The van der Waals surface area contributed by atoms with Crippen molar-refractivity contribution in [2.45, 2.75) is 13.3 Å². The van der Waals surface area contributed by atoms with Crippen LogP contribution in [0.15, 0.2) is 28.7 Å². The normalized spacial score (nSPS) is 12.1. The van der Waals surface area contributed by atoms with Gasteiger partial charge in [0, 0.05) is 17.6 Å². The summed E-state index contributed by atoms with van der Waals surface area (Å²) in [6, 6.07) is 7.33. The number of ether oxygens (including phenoxy) is 1. The summed E-state index contributed by atoms with van der Waals surface area (Å²) in [5.41, 5.74) is 0.606. The lowest BCUT2D eigenvalue weighted by Crippen LogP contribution is -2.39. The Kier molecular flexibility index (Phi) is 8.26. The molecule has 0 aliphatic heterocycles. The molecule has 5 nitrogen and oxygen atoms in total. The van der Waals surface area contributed by atoms with Gasteiger partial charge in [-0.25, -0.2) is 0 Å². The summed E-state index contributed by atoms with van der Waals surface area (Å²) < 4.78 is 5.53. The standard InChI is InChI=1S/C17H25BrN2O3/c1-13(17(22)23-4)12-20(11-7-10-19(2)3)16(21)14-8-5-6-9-15(14)18/h5-6,8-9,13H,7,10-12H2,1-4H3. The van der Waals surface area contributed by atoms with Crippen molar-refractivity contribution < 1.29 is 14.3 Å². The van der Waals surface area contributed by atoms with Gasteiger partial charge >= 0.3 is 5.97 Å². The van der Waals surface area contributed by atoms with Crippen LogP contribution in [0.1, 0.15) is 23.7 Å². The Bertz CT molecular complexity index is 534. The molecule has 0 bridgehead atoms. The van der Waals surface area contributed by atoms with Gasteiger partial charge in [0.1, 0.15) is 0 Å². The first-order chi connectivity index (χ1) is 10.9. The second-order valence-corrected chi connectivity index (χ2v) is 6.67. The highest BCUT2D eigenvalue weighted by Crippen LogP contribution is 2.19. The minimum absolute atomic E-state index is 0.0769. The average molecular weight is 385 g/mol. The molecular weight excluding hydrogens is 360 g/mol. The second-order valence-electron chi connectivity index (χ2n) is 5.81. The van der Waals surface area contributed by atoms with Crippen LogP contribution in [0, 0.1) is 5.92 Å². The molecule has 128 valence electrons. The van der Waals surface area contributed by atoms with Crippen LogP contribution in [0.4, 0.5) is 0 Å². The Hall–Kier alpha value is -1.40. The Balaban J connectivity index is 2.87. The summed E-state index contributed by atoms with van der Waals surface area (Å²) in [6.45, 7) is 3.60. The molecule has 0 saturated carbocycles. The van der Waals surface area contributed by atoms with Crippen molar-refractivity contribution in [1.82, 2.24) is 9.80 Å². The average Bonchev–Trinajstić information content (AvgIpc) is 2.52. The van der Waals surface area contributed by atoms with E-state index in [1.54, 1.807) is 17.9 Å². The van der Waals surface area contributed by atoms with Gasteiger partial charge in [-0.15, -0.1) is 0 Å². The molecule has 0 aliphatic carbocycles. The number of carbonyl (C=O) groups excluding carboxylic acids is 2. The summed E-state index contributed by atoms with van der Waals surface area (Å²) >= 11 is 3.42. The Morgan fingerprint density at radius 1 is 1.22 bits per heavy atom. The summed E-state index contributed by atoms with van der Waals surface area (Å²) in [5.74, 6) is -0.736.